The van der Waals surface area contributed by atoms with Crippen molar-refractivity contribution in [1.29, 1.82) is 0 Å². The first-order valence-corrected chi connectivity index (χ1v) is 11.6. The molecule has 0 saturated carbocycles. The van der Waals surface area contributed by atoms with Gasteiger partial charge in [0.25, 0.3) is 0 Å². The van der Waals surface area contributed by atoms with Crippen molar-refractivity contribution in [3.63, 3.8) is 0 Å². The number of amides is 1. The summed E-state index contributed by atoms with van der Waals surface area (Å²) in [6, 6.07) is 1.86. The summed E-state index contributed by atoms with van der Waals surface area (Å²) in [6.45, 7) is 8.43. The highest BCUT2D eigenvalue weighted by Gasteiger charge is 2.28. The number of imidazole rings is 1. The normalized spacial score (nSPS) is 15.8. The van der Waals surface area contributed by atoms with Crippen LogP contribution in [0.2, 0.25) is 0 Å². The number of thiophene rings is 1. The maximum Gasteiger partial charge on any atom is 0.410 e. The van der Waals surface area contributed by atoms with Crippen molar-refractivity contribution in [3.05, 3.63) is 28.7 Å². The van der Waals surface area contributed by atoms with E-state index in [9.17, 15) is 10.0 Å². The number of ether oxygens (including phenoxy) is 2. The lowest BCUT2D eigenvalue weighted by Crippen LogP contribution is -2.42. The first kappa shape index (κ1) is 21.8. The molecule has 0 atom stereocenters. The average molecular weight is 447 g/mol. The minimum absolute atomic E-state index is 0.236. The van der Waals surface area contributed by atoms with Gasteiger partial charge in [-0.25, -0.2) is 9.78 Å². The third-order valence-electron chi connectivity index (χ3n) is 5.65. The summed E-state index contributed by atoms with van der Waals surface area (Å²) in [5, 5.41) is 14.3. The van der Waals surface area contributed by atoms with Crippen LogP contribution < -0.4 is 4.73 Å². The molecule has 1 saturated heterocycles. The molecule has 0 aromatic carbocycles. The first-order chi connectivity index (χ1) is 14.8. The van der Waals surface area contributed by atoms with Crippen LogP contribution in [0.4, 0.5) is 4.79 Å². The largest absolute Gasteiger partial charge is 0.618 e. The van der Waals surface area contributed by atoms with Gasteiger partial charge < -0.3 is 24.1 Å². The Morgan fingerprint density at radius 3 is 2.77 bits per heavy atom. The fourth-order valence-electron chi connectivity index (χ4n) is 4.15. The minimum atomic E-state index is -0.482. The second kappa shape index (κ2) is 8.63. The molecule has 0 N–H and O–H groups in total. The van der Waals surface area contributed by atoms with E-state index in [2.05, 4.69) is 4.57 Å². The Labute approximate surface area is 186 Å². The fraction of sp³-hybridized carbons (Fsp3) is 0.591. The molecule has 4 heterocycles. The third kappa shape index (κ3) is 4.62. The molecule has 0 bridgehead atoms. The molecule has 1 amide bonds. The van der Waals surface area contributed by atoms with Crippen LogP contribution in [0, 0.1) is 11.1 Å². The van der Waals surface area contributed by atoms with Crippen molar-refractivity contribution in [2.75, 3.05) is 26.8 Å². The number of methoxy groups -OCH3 is 1. The Balaban J connectivity index is 1.57. The van der Waals surface area contributed by atoms with E-state index >= 15 is 0 Å². The number of likely N-dealkylation sites (tertiary alicyclic amines) is 1. The lowest BCUT2D eigenvalue weighted by molar-refractivity contribution is -0.575. The molecular formula is C22H30N4O4S. The highest BCUT2D eigenvalue weighted by Crippen LogP contribution is 2.30. The molecule has 9 heteroatoms. The van der Waals surface area contributed by atoms with Gasteiger partial charge in [0.15, 0.2) is 5.52 Å². The maximum atomic E-state index is 12.4. The van der Waals surface area contributed by atoms with Crippen LogP contribution >= 0.6 is 11.3 Å². The van der Waals surface area contributed by atoms with Gasteiger partial charge in [-0.15, -0.1) is 11.3 Å². The summed E-state index contributed by atoms with van der Waals surface area (Å²) >= 11 is 1.57. The lowest BCUT2D eigenvalue weighted by atomic mass is 9.97. The van der Waals surface area contributed by atoms with Gasteiger partial charge in [-0.1, -0.05) is 0 Å². The van der Waals surface area contributed by atoms with E-state index < -0.39 is 5.60 Å². The molecule has 8 nitrogen and oxygen atoms in total. The summed E-state index contributed by atoms with van der Waals surface area (Å²) < 4.78 is 14.9. The van der Waals surface area contributed by atoms with Gasteiger partial charge in [-0.2, -0.15) is 4.73 Å². The SMILES string of the molecule is COCCc1nc2c[n+]([O-])c3ccsc3c2n1CC1CCN(C(=O)OC(C)(C)C)CC1. The second-order valence-corrected chi connectivity index (χ2v) is 10.0. The number of pyridine rings is 1. The number of carbonyl (C=O) groups excluding carboxylic acids is 1. The third-order valence-corrected chi connectivity index (χ3v) is 6.56. The Hall–Kier alpha value is -2.39. The predicted molar refractivity (Wildman–Crippen MR) is 120 cm³/mol. The van der Waals surface area contributed by atoms with Crippen LogP contribution in [-0.2, 0) is 22.4 Å². The molecule has 0 aliphatic carbocycles. The molecule has 1 fully saturated rings. The quantitative estimate of drug-likeness (QED) is 0.441. The summed E-state index contributed by atoms with van der Waals surface area (Å²) in [6.07, 6.45) is 3.84. The highest BCUT2D eigenvalue weighted by molar-refractivity contribution is 7.18. The van der Waals surface area contributed by atoms with Gasteiger partial charge in [0.05, 0.1) is 12.1 Å². The van der Waals surface area contributed by atoms with Gasteiger partial charge >= 0.3 is 6.09 Å². The molecule has 3 aromatic heterocycles. The number of aromatic nitrogens is 3. The molecule has 3 aromatic rings. The molecule has 4 rings (SSSR count). The number of nitrogens with zero attached hydrogens (tertiary/aromatic N) is 4. The van der Waals surface area contributed by atoms with E-state index in [0.717, 1.165) is 45.7 Å². The molecule has 0 spiro atoms. The van der Waals surface area contributed by atoms with Gasteiger partial charge in [-0.05, 0) is 44.9 Å². The van der Waals surface area contributed by atoms with Crippen molar-refractivity contribution >= 4 is 38.7 Å². The van der Waals surface area contributed by atoms with Crippen molar-refractivity contribution in [3.8, 4) is 0 Å². The molecule has 168 valence electrons. The van der Waals surface area contributed by atoms with Crippen molar-refractivity contribution < 1.29 is 19.0 Å². The van der Waals surface area contributed by atoms with E-state index in [-0.39, 0.29) is 6.09 Å². The summed E-state index contributed by atoms with van der Waals surface area (Å²) in [4.78, 5) is 19.0. The maximum absolute atomic E-state index is 12.4. The van der Waals surface area contributed by atoms with E-state index in [1.54, 1.807) is 29.5 Å². The van der Waals surface area contributed by atoms with E-state index in [4.69, 9.17) is 14.5 Å². The standard InChI is InChI=1S/C22H30N4O4S/c1-22(2,3)30-21(27)24-9-5-15(6-10-24)13-25-18(7-11-29-4)23-16-14-26(28)17-8-12-31-20(17)19(16)25/h8,12,14-15H,5-7,9-11,13H2,1-4H3. The molecule has 1 aliphatic rings. The van der Waals surface area contributed by atoms with E-state index in [0.29, 0.717) is 37.6 Å². The summed E-state index contributed by atoms with van der Waals surface area (Å²) in [5.74, 6) is 1.36. The fourth-order valence-corrected chi connectivity index (χ4v) is 5.08. The average Bonchev–Trinajstić information content (AvgIpc) is 3.31. The number of hydrogen-bond acceptors (Lipinski definition) is 6. The highest BCUT2D eigenvalue weighted by atomic mass is 32.1. The Kier molecular flexibility index (Phi) is 6.07. The Morgan fingerprint density at radius 2 is 2.10 bits per heavy atom. The molecule has 0 radical (unpaired) electrons. The molecule has 31 heavy (non-hydrogen) atoms. The first-order valence-electron chi connectivity index (χ1n) is 10.7. The Morgan fingerprint density at radius 1 is 1.35 bits per heavy atom. The molecular weight excluding hydrogens is 416 g/mol. The van der Waals surface area contributed by atoms with E-state index in [1.165, 1.54) is 0 Å². The zero-order valence-electron chi connectivity index (χ0n) is 18.6. The Bertz CT molecular complexity index is 1080. The van der Waals surface area contributed by atoms with Crippen LogP contribution in [0.3, 0.4) is 0 Å². The molecule has 0 unspecified atom stereocenters. The van der Waals surface area contributed by atoms with Crippen molar-refractivity contribution in [2.45, 2.75) is 52.2 Å². The number of hydrogen-bond donors (Lipinski definition) is 0. The zero-order chi connectivity index (χ0) is 22.2. The number of piperidine rings is 1. The van der Waals surface area contributed by atoms with Crippen LogP contribution in [-0.4, -0.2) is 53.0 Å². The molecule has 1 aliphatic heterocycles. The van der Waals surface area contributed by atoms with Crippen molar-refractivity contribution in [1.82, 2.24) is 14.5 Å². The van der Waals surface area contributed by atoms with Crippen LogP contribution in [0.25, 0.3) is 21.3 Å². The monoisotopic (exact) mass is 446 g/mol. The van der Waals surface area contributed by atoms with Crippen LogP contribution in [0.1, 0.15) is 39.4 Å². The van der Waals surface area contributed by atoms with Crippen LogP contribution in [0.15, 0.2) is 17.6 Å². The van der Waals surface area contributed by atoms with Gasteiger partial charge in [0.1, 0.15) is 16.1 Å². The summed E-state index contributed by atoms with van der Waals surface area (Å²) in [5.41, 5.74) is 1.95. The van der Waals surface area contributed by atoms with Crippen molar-refractivity contribution in [2.24, 2.45) is 5.92 Å². The van der Waals surface area contributed by atoms with Gasteiger partial charge in [0, 0.05) is 39.2 Å². The number of fused-ring (bicyclic) bond motifs is 3. The van der Waals surface area contributed by atoms with Gasteiger partial charge in [0.2, 0.25) is 11.7 Å². The van der Waals surface area contributed by atoms with E-state index in [1.807, 2.05) is 32.2 Å². The smallest absolute Gasteiger partial charge is 0.410 e. The summed E-state index contributed by atoms with van der Waals surface area (Å²) in [7, 11) is 1.68. The number of carbonyl (C=O) groups is 1. The second-order valence-electron chi connectivity index (χ2n) is 9.12. The zero-order valence-corrected chi connectivity index (χ0v) is 19.4. The predicted octanol–water partition coefficient (Wildman–Crippen LogP) is 3.72. The topological polar surface area (TPSA) is 83.5 Å². The van der Waals surface area contributed by atoms with Gasteiger partial charge in [-0.3, -0.25) is 0 Å². The minimum Gasteiger partial charge on any atom is -0.618 e. The van der Waals surface area contributed by atoms with Crippen LogP contribution in [0.5, 0.6) is 0 Å². The lowest BCUT2D eigenvalue weighted by Gasteiger charge is -2.33. The number of rotatable bonds is 5.